The van der Waals surface area contributed by atoms with Crippen LogP contribution in [0.5, 0.6) is 0 Å². The molecule has 48 heavy (non-hydrogen) atoms. The van der Waals surface area contributed by atoms with E-state index in [-0.39, 0.29) is 19.0 Å². The molecule has 0 atom stereocenters. The predicted octanol–water partition coefficient (Wildman–Crippen LogP) is -1.05. The zero-order chi connectivity index (χ0) is 35.0. The minimum atomic E-state index is -1.13. The van der Waals surface area contributed by atoms with Crippen LogP contribution in [0.2, 0.25) is 0 Å². The van der Waals surface area contributed by atoms with Crippen molar-refractivity contribution in [3.05, 3.63) is 0 Å². The molecule has 2 N–H and O–H groups in total. The summed E-state index contributed by atoms with van der Waals surface area (Å²) in [6, 6.07) is 0. The van der Waals surface area contributed by atoms with E-state index in [2.05, 4.69) is 14.8 Å². The topological polar surface area (TPSA) is 203 Å². The molecular formula is C30H57NO17. The monoisotopic (exact) mass is 703 g/mol. The molecule has 0 aliphatic rings. The number of carboxylic acid groups (broad SMARTS) is 1. The third-order valence-corrected chi connectivity index (χ3v) is 5.43. The van der Waals surface area contributed by atoms with Gasteiger partial charge in [-0.2, -0.15) is 0 Å². The summed E-state index contributed by atoms with van der Waals surface area (Å²) in [5.74, 6) is -1.82. The molecule has 0 bridgehead atoms. The van der Waals surface area contributed by atoms with Crippen LogP contribution in [-0.2, 0) is 76.0 Å². The van der Waals surface area contributed by atoms with E-state index in [0.29, 0.717) is 152 Å². The Morgan fingerprint density at radius 3 is 1.00 bits per heavy atom. The number of hydrogen-bond donors (Lipinski definition) is 2. The van der Waals surface area contributed by atoms with Gasteiger partial charge >= 0.3 is 11.9 Å². The summed E-state index contributed by atoms with van der Waals surface area (Å²) >= 11 is 0. The number of aliphatic carboxylic acids is 1. The van der Waals surface area contributed by atoms with E-state index in [4.69, 9.17) is 57.2 Å². The van der Waals surface area contributed by atoms with Gasteiger partial charge in [0.15, 0.2) is 0 Å². The van der Waals surface area contributed by atoms with E-state index in [0.717, 1.165) is 0 Å². The molecule has 0 aromatic heterocycles. The van der Waals surface area contributed by atoms with Crippen molar-refractivity contribution in [3.63, 3.8) is 0 Å². The lowest BCUT2D eigenvalue weighted by molar-refractivity contribution is -0.144. The van der Waals surface area contributed by atoms with E-state index in [1.807, 2.05) is 0 Å². The Morgan fingerprint density at radius 1 is 0.417 bits per heavy atom. The fraction of sp³-hybridized carbons (Fsp3) is 0.900. The van der Waals surface area contributed by atoms with Crippen LogP contribution in [0.3, 0.4) is 0 Å². The zero-order valence-electron chi connectivity index (χ0n) is 28.4. The van der Waals surface area contributed by atoms with Crippen LogP contribution in [-0.4, -0.2) is 195 Å². The fourth-order valence-electron chi connectivity index (χ4n) is 3.10. The summed E-state index contributed by atoms with van der Waals surface area (Å²) < 4.78 is 68.6. The summed E-state index contributed by atoms with van der Waals surface area (Å²) in [6.45, 7) is 9.16. The molecule has 0 spiro atoms. The average molecular weight is 704 g/mol. The Kier molecular flexibility index (Phi) is 37.7. The summed E-state index contributed by atoms with van der Waals surface area (Å²) in [4.78, 5) is 32.6. The predicted molar refractivity (Wildman–Crippen MR) is 167 cm³/mol. The van der Waals surface area contributed by atoms with Crippen LogP contribution in [0, 0.1) is 0 Å². The number of rotatable bonds is 40. The van der Waals surface area contributed by atoms with Crippen LogP contribution < -0.4 is 5.32 Å². The molecule has 0 aliphatic carbocycles. The molecule has 0 saturated heterocycles. The largest absolute Gasteiger partial charge is 0.480 e. The van der Waals surface area contributed by atoms with Gasteiger partial charge in [0.25, 0.3) is 0 Å². The first-order valence-electron chi connectivity index (χ1n) is 16.0. The second-order valence-corrected chi connectivity index (χ2v) is 9.30. The minimum Gasteiger partial charge on any atom is -0.480 e. The van der Waals surface area contributed by atoms with Gasteiger partial charge in [0.05, 0.1) is 159 Å². The molecule has 0 radical (unpaired) electrons. The molecule has 18 nitrogen and oxygen atoms in total. The van der Waals surface area contributed by atoms with Crippen molar-refractivity contribution in [2.75, 3.05) is 172 Å². The third kappa shape index (κ3) is 40.1. The van der Waals surface area contributed by atoms with Gasteiger partial charge in [0.1, 0.15) is 13.2 Å². The maximum atomic E-state index is 11.4. The normalized spacial score (nSPS) is 11.2. The number of amides is 1. The van der Waals surface area contributed by atoms with Gasteiger partial charge < -0.3 is 72.0 Å². The summed E-state index contributed by atoms with van der Waals surface area (Å²) in [5.41, 5.74) is 0. The van der Waals surface area contributed by atoms with E-state index < -0.39 is 18.5 Å². The SMILES string of the molecule is COC(=O)CCOCCOCCOCCOCCOCCOCCOCCOCCOCCOCCOCCNC(=O)COCC(=O)O. The maximum Gasteiger partial charge on any atom is 0.329 e. The third-order valence-electron chi connectivity index (χ3n) is 5.43. The molecule has 0 aromatic rings. The number of carbonyl (C=O) groups excluding carboxylic acids is 2. The number of nitrogens with one attached hydrogen (secondary N) is 1. The van der Waals surface area contributed by atoms with Crippen molar-refractivity contribution in [1.29, 1.82) is 0 Å². The molecule has 0 unspecified atom stereocenters. The van der Waals surface area contributed by atoms with Crippen LogP contribution in [0.15, 0.2) is 0 Å². The Labute approximate surface area is 283 Å². The van der Waals surface area contributed by atoms with E-state index in [1.165, 1.54) is 7.11 Å². The first-order chi connectivity index (χ1) is 23.6. The van der Waals surface area contributed by atoms with E-state index >= 15 is 0 Å². The standard InChI is InChI=1S/C30H57NO17/c1-36-30(35)2-4-37-6-8-39-10-12-41-14-16-43-18-20-45-22-24-47-25-23-46-21-19-44-17-15-42-13-11-40-9-7-38-5-3-31-28(32)26-48-27-29(33)34/h2-27H2,1H3,(H,31,32)(H,33,34). The number of methoxy groups -OCH3 is 1. The highest BCUT2D eigenvalue weighted by Gasteiger charge is 2.03. The highest BCUT2D eigenvalue weighted by atomic mass is 16.6. The lowest BCUT2D eigenvalue weighted by Crippen LogP contribution is -2.31. The molecule has 18 heteroatoms. The van der Waals surface area contributed by atoms with Gasteiger partial charge in [-0.1, -0.05) is 0 Å². The molecule has 0 saturated carbocycles. The number of carboxylic acids is 1. The molecule has 0 heterocycles. The lowest BCUT2D eigenvalue weighted by atomic mass is 10.5. The van der Waals surface area contributed by atoms with Crippen molar-refractivity contribution in [1.82, 2.24) is 5.32 Å². The number of ether oxygens (including phenoxy) is 13. The summed E-state index contributed by atoms with van der Waals surface area (Å²) in [7, 11) is 1.35. The molecule has 0 aromatic carbocycles. The van der Waals surface area contributed by atoms with Crippen LogP contribution >= 0.6 is 0 Å². The van der Waals surface area contributed by atoms with E-state index in [1.54, 1.807) is 0 Å². The molecule has 0 rings (SSSR count). The number of esters is 1. The number of hydrogen-bond acceptors (Lipinski definition) is 16. The Bertz CT molecular complexity index is 719. The molecule has 0 aliphatic heterocycles. The van der Waals surface area contributed by atoms with Crippen molar-refractivity contribution in [3.8, 4) is 0 Å². The smallest absolute Gasteiger partial charge is 0.329 e. The van der Waals surface area contributed by atoms with Crippen molar-refractivity contribution < 1.29 is 81.1 Å². The maximum absolute atomic E-state index is 11.4. The molecular weight excluding hydrogens is 646 g/mol. The number of carbonyl (C=O) groups is 3. The van der Waals surface area contributed by atoms with Gasteiger partial charge in [-0.15, -0.1) is 0 Å². The second kappa shape index (κ2) is 39.4. The van der Waals surface area contributed by atoms with Crippen molar-refractivity contribution >= 4 is 17.8 Å². The zero-order valence-corrected chi connectivity index (χ0v) is 28.4. The molecule has 284 valence electrons. The van der Waals surface area contributed by atoms with Crippen molar-refractivity contribution in [2.24, 2.45) is 0 Å². The molecule has 0 fully saturated rings. The van der Waals surface area contributed by atoms with Crippen LogP contribution in [0.4, 0.5) is 0 Å². The van der Waals surface area contributed by atoms with E-state index in [9.17, 15) is 14.4 Å². The second-order valence-electron chi connectivity index (χ2n) is 9.30. The van der Waals surface area contributed by atoms with Gasteiger partial charge in [-0.05, 0) is 0 Å². The quantitative estimate of drug-likeness (QED) is 0.0577. The Balaban J connectivity index is 3.10. The summed E-state index contributed by atoms with van der Waals surface area (Å²) in [5, 5.41) is 11.0. The first-order valence-corrected chi connectivity index (χ1v) is 16.0. The molecule has 1 amide bonds. The van der Waals surface area contributed by atoms with Gasteiger partial charge in [0, 0.05) is 6.54 Å². The van der Waals surface area contributed by atoms with Crippen LogP contribution in [0.25, 0.3) is 0 Å². The highest BCUT2D eigenvalue weighted by Crippen LogP contribution is 1.89. The van der Waals surface area contributed by atoms with Gasteiger partial charge in [-0.3, -0.25) is 9.59 Å². The first kappa shape index (κ1) is 45.9. The average Bonchev–Trinajstić information content (AvgIpc) is 3.07. The highest BCUT2D eigenvalue weighted by molar-refractivity contribution is 5.77. The lowest BCUT2D eigenvalue weighted by Gasteiger charge is -2.09. The van der Waals surface area contributed by atoms with Crippen molar-refractivity contribution in [2.45, 2.75) is 6.42 Å². The minimum absolute atomic E-state index is 0.236. The van der Waals surface area contributed by atoms with Crippen LogP contribution in [0.1, 0.15) is 6.42 Å². The summed E-state index contributed by atoms with van der Waals surface area (Å²) in [6.07, 6.45) is 0.236. The van der Waals surface area contributed by atoms with Gasteiger partial charge in [0.2, 0.25) is 5.91 Å². The fourth-order valence-corrected chi connectivity index (χ4v) is 3.10. The Morgan fingerprint density at radius 2 is 0.708 bits per heavy atom. The Hall–Kier alpha value is -2.07. The van der Waals surface area contributed by atoms with Gasteiger partial charge in [-0.25, -0.2) is 4.79 Å².